The van der Waals surface area contributed by atoms with Crippen molar-refractivity contribution >= 4 is 15.7 Å². The first kappa shape index (κ1) is 17.7. The summed E-state index contributed by atoms with van der Waals surface area (Å²) in [6, 6.07) is 6.81. The van der Waals surface area contributed by atoms with Crippen LogP contribution < -0.4 is 15.2 Å². The molecule has 0 unspecified atom stereocenters. The fourth-order valence-corrected chi connectivity index (χ4v) is 2.65. The molecule has 1 aromatic carbocycles. The van der Waals surface area contributed by atoms with Crippen LogP contribution in [-0.4, -0.2) is 39.5 Å². The van der Waals surface area contributed by atoms with E-state index in [0.717, 1.165) is 0 Å². The number of nitrogens with two attached hydrogens (primary N) is 1. The van der Waals surface area contributed by atoms with Crippen molar-refractivity contribution in [2.24, 2.45) is 0 Å². The first-order valence-corrected chi connectivity index (χ1v) is 8.49. The summed E-state index contributed by atoms with van der Waals surface area (Å²) in [4.78, 5) is 0. The summed E-state index contributed by atoms with van der Waals surface area (Å²) in [5.74, 6) is 0.480. The van der Waals surface area contributed by atoms with Gasteiger partial charge in [0.1, 0.15) is 12.4 Å². The maximum Gasteiger partial charge on any atom is 0.215 e. The number of ether oxygens (including phenoxy) is 2. The van der Waals surface area contributed by atoms with Gasteiger partial charge in [-0.15, -0.1) is 0 Å². The van der Waals surface area contributed by atoms with Crippen molar-refractivity contribution in [2.45, 2.75) is 26.4 Å². The van der Waals surface area contributed by atoms with Crippen molar-refractivity contribution in [3.63, 3.8) is 0 Å². The minimum Gasteiger partial charge on any atom is -0.492 e. The molecule has 0 aliphatic carbocycles. The minimum atomic E-state index is -3.39. The van der Waals surface area contributed by atoms with E-state index in [9.17, 15) is 8.42 Å². The lowest BCUT2D eigenvalue weighted by atomic mass is 10.1. The topological polar surface area (TPSA) is 90.6 Å². The molecule has 0 spiro atoms. The van der Waals surface area contributed by atoms with Crippen molar-refractivity contribution in [1.82, 2.24) is 4.72 Å². The van der Waals surface area contributed by atoms with Gasteiger partial charge in [0, 0.05) is 18.8 Å². The van der Waals surface area contributed by atoms with Crippen LogP contribution >= 0.6 is 0 Å². The van der Waals surface area contributed by atoms with Crippen molar-refractivity contribution in [3.05, 3.63) is 24.3 Å². The van der Waals surface area contributed by atoms with Crippen molar-refractivity contribution in [2.75, 3.05) is 31.2 Å². The molecule has 0 heterocycles. The molecule has 1 aromatic rings. The Kier molecular flexibility index (Phi) is 6.44. The fraction of sp³-hybridized carbons (Fsp3) is 0.571. The van der Waals surface area contributed by atoms with Gasteiger partial charge in [-0.25, -0.2) is 13.1 Å². The lowest BCUT2D eigenvalue weighted by Gasteiger charge is -2.24. The number of nitrogen functional groups attached to an aromatic ring is 1. The lowest BCUT2D eigenvalue weighted by Crippen LogP contribution is -2.41. The molecule has 0 atom stereocenters. The van der Waals surface area contributed by atoms with E-state index in [2.05, 4.69) is 4.72 Å². The van der Waals surface area contributed by atoms with Gasteiger partial charge in [-0.05, 0) is 45.0 Å². The van der Waals surface area contributed by atoms with Crippen LogP contribution in [0.15, 0.2) is 24.3 Å². The minimum absolute atomic E-state index is 0.0777. The van der Waals surface area contributed by atoms with E-state index in [-0.39, 0.29) is 18.9 Å². The first-order chi connectivity index (χ1) is 9.74. The van der Waals surface area contributed by atoms with Gasteiger partial charge in [0.05, 0.1) is 11.4 Å². The summed E-state index contributed by atoms with van der Waals surface area (Å²) >= 11 is 0. The summed E-state index contributed by atoms with van der Waals surface area (Å²) < 4.78 is 37.1. The van der Waals surface area contributed by atoms with Gasteiger partial charge >= 0.3 is 0 Å². The van der Waals surface area contributed by atoms with E-state index in [1.807, 2.05) is 20.8 Å². The van der Waals surface area contributed by atoms with E-state index in [1.54, 1.807) is 24.3 Å². The average molecular weight is 316 g/mol. The molecule has 0 fully saturated rings. The Morgan fingerprint density at radius 1 is 1.24 bits per heavy atom. The Bertz CT molecular complexity index is 526. The Labute approximate surface area is 126 Å². The zero-order valence-corrected chi connectivity index (χ0v) is 13.6. The molecule has 21 heavy (non-hydrogen) atoms. The molecule has 0 bridgehead atoms. The van der Waals surface area contributed by atoms with E-state index in [4.69, 9.17) is 15.2 Å². The number of nitrogens with one attached hydrogen (secondary N) is 1. The second-order valence-electron chi connectivity index (χ2n) is 5.25. The zero-order valence-electron chi connectivity index (χ0n) is 12.8. The molecular weight excluding hydrogens is 292 g/mol. The third kappa shape index (κ3) is 7.31. The lowest BCUT2D eigenvalue weighted by molar-refractivity contribution is -0.00516. The molecule has 3 N–H and O–H groups in total. The second kappa shape index (κ2) is 7.63. The number of benzene rings is 1. The van der Waals surface area contributed by atoms with Crippen molar-refractivity contribution in [3.8, 4) is 5.75 Å². The highest BCUT2D eigenvalue weighted by molar-refractivity contribution is 7.89. The van der Waals surface area contributed by atoms with E-state index >= 15 is 0 Å². The summed E-state index contributed by atoms with van der Waals surface area (Å²) in [7, 11) is -3.39. The number of hydrogen-bond donors (Lipinski definition) is 2. The molecular formula is C14H24N2O4S. The molecule has 0 saturated heterocycles. The third-order valence-electron chi connectivity index (χ3n) is 2.75. The maximum absolute atomic E-state index is 11.9. The van der Waals surface area contributed by atoms with Crippen LogP contribution in [0.4, 0.5) is 5.69 Å². The molecule has 0 aliphatic heterocycles. The van der Waals surface area contributed by atoms with Crippen LogP contribution in [0.1, 0.15) is 20.8 Å². The SMILES string of the molecule is CCOC(C)(C)CNS(=O)(=O)CCOc1ccc(N)cc1. The van der Waals surface area contributed by atoms with Crippen molar-refractivity contribution in [1.29, 1.82) is 0 Å². The summed E-state index contributed by atoms with van der Waals surface area (Å²) in [5.41, 5.74) is 5.66. The number of rotatable bonds is 9. The molecule has 0 amide bonds. The second-order valence-corrected chi connectivity index (χ2v) is 7.18. The molecule has 6 nitrogen and oxygen atoms in total. The highest BCUT2D eigenvalue weighted by atomic mass is 32.2. The largest absolute Gasteiger partial charge is 0.492 e. The summed E-state index contributed by atoms with van der Waals surface area (Å²) in [5, 5.41) is 0. The highest BCUT2D eigenvalue weighted by Crippen LogP contribution is 2.13. The monoisotopic (exact) mass is 316 g/mol. The van der Waals surface area contributed by atoms with Crippen LogP contribution in [0.2, 0.25) is 0 Å². The standard InChI is InChI=1S/C14H24N2O4S/c1-4-20-14(2,3)11-16-21(17,18)10-9-19-13-7-5-12(15)6-8-13/h5-8,16H,4,9-11,15H2,1-3H3. The van der Waals surface area contributed by atoms with Gasteiger partial charge in [-0.2, -0.15) is 0 Å². The molecule has 0 radical (unpaired) electrons. The molecule has 0 aliphatic rings. The smallest absolute Gasteiger partial charge is 0.215 e. The van der Waals surface area contributed by atoms with Crippen LogP contribution in [0.5, 0.6) is 5.75 Å². The molecule has 7 heteroatoms. The van der Waals surface area contributed by atoms with E-state index in [1.165, 1.54) is 0 Å². The molecule has 0 aromatic heterocycles. The van der Waals surface area contributed by atoms with Gasteiger partial charge in [-0.3, -0.25) is 0 Å². The van der Waals surface area contributed by atoms with Crippen LogP contribution in [-0.2, 0) is 14.8 Å². The Morgan fingerprint density at radius 2 is 1.86 bits per heavy atom. The van der Waals surface area contributed by atoms with Gasteiger partial charge in [0.2, 0.25) is 10.0 Å². The predicted octanol–water partition coefficient (Wildman–Crippen LogP) is 1.38. The van der Waals surface area contributed by atoms with E-state index < -0.39 is 15.6 Å². The Balaban J connectivity index is 2.37. The predicted molar refractivity (Wildman–Crippen MR) is 83.8 cm³/mol. The quantitative estimate of drug-likeness (QED) is 0.672. The summed E-state index contributed by atoms with van der Waals surface area (Å²) in [6.07, 6.45) is 0. The first-order valence-electron chi connectivity index (χ1n) is 6.84. The normalized spacial score (nSPS) is 12.3. The van der Waals surface area contributed by atoms with Gasteiger partial charge in [0.25, 0.3) is 0 Å². The zero-order chi connectivity index (χ0) is 15.9. The van der Waals surface area contributed by atoms with Gasteiger partial charge in [0.15, 0.2) is 0 Å². The number of sulfonamides is 1. The van der Waals surface area contributed by atoms with Crippen LogP contribution in [0.3, 0.4) is 0 Å². The highest BCUT2D eigenvalue weighted by Gasteiger charge is 2.21. The molecule has 120 valence electrons. The Hall–Kier alpha value is -1.31. The average Bonchev–Trinajstić information content (AvgIpc) is 2.39. The molecule has 1 rings (SSSR count). The molecule has 0 saturated carbocycles. The fourth-order valence-electron chi connectivity index (χ4n) is 1.63. The van der Waals surface area contributed by atoms with Crippen LogP contribution in [0, 0.1) is 0 Å². The third-order valence-corrected chi connectivity index (χ3v) is 4.04. The maximum atomic E-state index is 11.9. The number of anilines is 1. The van der Waals surface area contributed by atoms with Crippen molar-refractivity contribution < 1.29 is 17.9 Å². The Morgan fingerprint density at radius 3 is 2.43 bits per heavy atom. The van der Waals surface area contributed by atoms with Crippen LogP contribution in [0.25, 0.3) is 0 Å². The summed E-state index contributed by atoms with van der Waals surface area (Å²) in [6.45, 7) is 6.39. The van der Waals surface area contributed by atoms with Gasteiger partial charge < -0.3 is 15.2 Å². The van der Waals surface area contributed by atoms with Gasteiger partial charge in [-0.1, -0.05) is 0 Å². The van der Waals surface area contributed by atoms with E-state index in [0.29, 0.717) is 18.0 Å². The number of hydrogen-bond acceptors (Lipinski definition) is 5.